The van der Waals surface area contributed by atoms with E-state index >= 15 is 0 Å². The Morgan fingerprint density at radius 2 is 1.62 bits per heavy atom. The first kappa shape index (κ1) is 14.0. The van der Waals surface area contributed by atoms with E-state index < -0.39 is 0 Å². The summed E-state index contributed by atoms with van der Waals surface area (Å²) >= 11 is 0. The van der Waals surface area contributed by atoms with Crippen molar-refractivity contribution >= 4 is 0 Å². The van der Waals surface area contributed by atoms with E-state index in [2.05, 4.69) is 26.2 Å². The van der Waals surface area contributed by atoms with Crippen LogP contribution in [0.5, 0.6) is 0 Å². The number of rotatable bonds is 5. The van der Waals surface area contributed by atoms with Crippen molar-refractivity contribution in [2.75, 3.05) is 13.7 Å². The van der Waals surface area contributed by atoms with Gasteiger partial charge in [-0.15, -0.1) is 0 Å². The van der Waals surface area contributed by atoms with E-state index in [0.717, 1.165) is 12.5 Å². The minimum absolute atomic E-state index is 0.351. The lowest BCUT2D eigenvalue weighted by atomic mass is 9.86. The average Bonchev–Trinajstić information content (AvgIpc) is 2.20. The topological polar surface area (TPSA) is 21.3 Å². The first-order valence-corrected chi connectivity index (χ1v) is 7.03. The lowest BCUT2D eigenvalue weighted by Gasteiger charge is -2.29. The highest BCUT2D eigenvalue weighted by Crippen LogP contribution is 2.25. The normalized spacial score (nSPS) is 21.8. The molecule has 1 rings (SSSR count). The maximum atomic E-state index is 5.76. The fourth-order valence-electron chi connectivity index (χ4n) is 2.64. The minimum atomic E-state index is 0.351. The Bertz CT molecular complexity index is 162. The van der Waals surface area contributed by atoms with Crippen molar-refractivity contribution in [2.45, 2.75) is 70.9 Å². The lowest BCUT2D eigenvalue weighted by molar-refractivity contribution is 0.0464. The van der Waals surface area contributed by atoms with Crippen LogP contribution in [-0.2, 0) is 4.74 Å². The molecule has 1 aliphatic rings. The van der Waals surface area contributed by atoms with Gasteiger partial charge in [0.25, 0.3) is 0 Å². The molecule has 1 unspecified atom stereocenters. The van der Waals surface area contributed by atoms with Gasteiger partial charge in [0.15, 0.2) is 0 Å². The van der Waals surface area contributed by atoms with Crippen LogP contribution in [0.25, 0.3) is 0 Å². The van der Waals surface area contributed by atoms with Crippen molar-refractivity contribution in [3.8, 4) is 0 Å². The van der Waals surface area contributed by atoms with Crippen LogP contribution >= 0.6 is 0 Å². The molecule has 96 valence electrons. The quantitative estimate of drug-likeness (QED) is 0.777. The number of hydrogen-bond donors (Lipinski definition) is 1. The van der Waals surface area contributed by atoms with Crippen LogP contribution in [-0.4, -0.2) is 25.8 Å². The Morgan fingerprint density at radius 1 is 1.06 bits per heavy atom. The highest BCUT2D eigenvalue weighted by Gasteiger charge is 2.21. The molecule has 0 aromatic rings. The van der Waals surface area contributed by atoms with Crippen molar-refractivity contribution in [2.24, 2.45) is 5.92 Å². The third-order valence-corrected chi connectivity index (χ3v) is 3.70. The third kappa shape index (κ3) is 5.31. The molecule has 16 heavy (non-hydrogen) atoms. The van der Waals surface area contributed by atoms with Crippen molar-refractivity contribution in [1.82, 2.24) is 5.32 Å². The van der Waals surface area contributed by atoms with Crippen LogP contribution in [0.1, 0.15) is 58.8 Å². The van der Waals surface area contributed by atoms with Gasteiger partial charge in [-0.25, -0.2) is 0 Å². The van der Waals surface area contributed by atoms with E-state index in [0.29, 0.717) is 12.1 Å². The van der Waals surface area contributed by atoms with E-state index in [1.54, 1.807) is 0 Å². The van der Waals surface area contributed by atoms with Gasteiger partial charge in [-0.2, -0.15) is 0 Å². The summed E-state index contributed by atoms with van der Waals surface area (Å²) < 4.78 is 5.76. The summed E-state index contributed by atoms with van der Waals surface area (Å²) in [4.78, 5) is 0. The Balaban J connectivity index is 2.35. The molecule has 0 aromatic carbocycles. The molecule has 1 aliphatic carbocycles. The van der Waals surface area contributed by atoms with Gasteiger partial charge in [0.05, 0.1) is 12.7 Å². The molecule has 0 saturated heterocycles. The van der Waals surface area contributed by atoms with E-state index in [9.17, 15) is 0 Å². The molecule has 0 spiro atoms. The zero-order chi connectivity index (χ0) is 11.8. The minimum Gasteiger partial charge on any atom is -0.377 e. The van der Waals surface area contributed by atoms with E-state index in [1.807, 2.05) is 0 Å². The maximum absolute atomic E-state index is 5.76. The van der Waals surface area contributed by atoms with Crippen molar-refractivity contribution < 1.29 is 4.74 Å². The van der Waals surface area contributed by atoms with E-state index in [-0.39, 0.29) is 0 Å². The van der Waals surface area contributed by atoms with Crippen LogP contribution in [0.15, 0.2) is 0 Å². The number of ether oxygens (including phenoxy) is 1. The molecule has 0 aromatic heterocycles. The van der Waals surface area contributed by atoms with E-state index in [4.69, 9.17) is 4.74 Å². The fraction of sp³-hybridized carbons (Fsp3) is 1.00. The molecule has 0 heterocycles. The molecule has 1 atom stereocenters. The predicted octanol–water partition coefficient (Wildman–Crippen LogP) is 3.36. The molecule has 0 bridgehead atoms. The average molecular weight is 227 g/mol. The molecular formula is C14H29NO. The van der Waals surface area contributed by atoms with Crippen LogP contribution in [0.2, 0.25) is 0 Å². The molecule has 2 heteroatoms. The van der Waals surface area contributed by atoms with Gasteiger partial charge in [0, 0.05) is 6.04 Å². The predicted molar refractivity (Wildman–Crippen MR) is 69.7 cm³/mol. The SMILES string of the molecule is CNC(COC(C)C)C1CCCCCCC1. The number of likely N-dealkylation sites (N-methyl/N-ethyl adjacent to an activating group) is 1. The first-order valence-electron chi connectivity index (χ1n) is 7.03. The van der Waals surface area contributed by atoms with Gasteiger partial charge in [-0.1, -0.05) is 32.1 Å². The monoisotopic (exact) mass is 227 g/mol. The Hall–Kier alpha value is -0.0800. The zero-order valence-electron chi connectivity index (χ0n) is 11.3. The maximum Gasteiger partial charge on any atom is 0.0625 e. The Kier molecular flexibility index (Phi) is 7.06. The molecular weight excluding hydrogens is 198 g/mol. The molecule has 1 N–H and O–H groups in total. The summed E-state index contributed by atoms with van der Waals surface area (Å²) in [6, 6.07) is 0.556. The van der Waals surface area contributed by atoms with Gasteiger partial charge in [0.2, 0.25) is 0 Å². The fourth-order valence-corrected chi connectivity index (χ4v) is 2.64. The highest BCUT2D eigenvalue weighted by molar-refractivity contribution is 4.76. The summed E-state index contributed by atoms with van der Waals surface area (Å²) in [7, 11) is 2.08. The number of nitrogens with one attached hydrogen (secondary N) is 1. The van der Waals surface area contributed by atoms with Crippen LogP contribution in [0.3, 0.4) is 0 Å². The van der Waals surface area contributed by atoms with Gasteiger partial charge in [0.1, 0.15) is 0 Å². The van der Waals surface area contributed by atoms with Gasteiger partial charge < -0.3 is 10.1 Å². The van der Waals surface area contributed by atoms with Crippen molar-refractivity contribution in [3.05, 3.63) is 0 Å². The van der Waals surface area contributed by atoms with Crippen molar-refractivity contribution in [1.29, 1.82) is 0 Å². The van der Waals surface area contributed by atoms with Crippen molar-refractivity contribution in [3.63, 3.8) is 0 Å². The largest absolute Gasteiger partial charge is 0.377 e. The second-order valence-electron chi connectivity index (χ2n) is 5.38. The van der Waals surface area contributed by atoms with Gasteiger partial charge >= 0.3 is 0 Å². The molecule has 0 aliphatic heterocycles. The summed E-state index contributed by atoms with van der Waals surface area (Å²) in [5.41, 5.74) is 0. The summed E-state index contributed by atoms with van der Waals surface area (Å²) in [6.07, 6.45) is 10.2. The molecule has 0 radical (unpaired) electrons. The third-order valence-electron chi connectivity index (χ3n) is 3.70. The Morgan fingerprint density at radius 3 is 2.12 bits per heavy atom. The molecule has 1 saturated carbocycles. The van der Waals surface area contributed by atoms with Gasteiger partial charge in [-0.05, 0) is 39.7 Å². The lowest BCUT2D eigenvalue weighted by Crippen LogP contribution is -2.38. The van der Waals surface area contributed by atoms with Crippen LogP contribution in [0.4, 0.5) is 0 Å². The smallest absolute Gasteiger partial charge is 0.0625 e. The second kappa shape index (κ2) is 8.08. The van der Waals surface area contributed by atoms with E-state index in [1.165, 1.54) is 44.9 Å². The molecule has 0 amide bonds. The van der Waals surface area contributed by atoms with Gasteiger partial charge in [-0.3, -0.25) is 0 Å². The highest BCUT2D eigenvalue weighted by atomic mass is 16.5. The second-order valence-corrected chi connectivity index (χ2v) is 5.38. The standard InChI is InChI=1S/C14H29NO/c1-12(2)16-11-14(15-3)13-9-7-5-4-6-8-10-13/h12-15H,4-11H2,1-3H3. The zero-order valence-corrected chi connectivity index (χ0v) is 11.3. The van der Waals surface area contributed by atoms with Crippen LogP contribution in [0, 0.1) is 5.92 Å². The Labute approximate surface area is 101 Å². The first-order chi connectivity index (χ1) is 7.74. The summed E-state index contributed by atoms with van der Waals surface area (Å²) in [5, 5.41) is 3.45. The number of hydrogen-bond acceptors (Lipinski definition) is 2. The summed E-state index contributed by atoms with van der Waals surface area (Å²) in [6.45, 7) is 5.11. The summed E-state index contributed by atoms with van der Waals surface area (Å²) in [5.74, 6) is 0.823. The molecule has 1 fully saturated rings. The van der Waals surface area contributed by atoms with Crippen LogP contribution < -0.4 is 5.32 Å². The molecule has 2 nitrogen and oxygen atoms in total.